The molecule has 0 radical (unpaired) electrons. The van der Waals surface area contributed by atoms with Gasteiger partial charge in [-0.25, -0.2) is 0 Å². The highest BCUT2D eigenvalue weighted by Crippen LogP contribution is 2.32. The van der Waals surface area contributed by atoms with Crippen LogP contribution in [0.4, 0.5) is 0 Å². The fraction of sp³-hybridized carbons (Fsp3) is 0.111. The second-order valence-corrected chi connectivity index (χ2v) is 3.51. The van der Waals surface area contributed by atoms with E-state index in [1.54, 1.807) is 24.3 Å². The summed E-state index contributed by atoms with van der Waals surface area (Å²) >= 11 is 16.9. The van der Waals surface area contributed by atoms with Crippen LogP contribution in [0.2, 0.25) is 10.0 Å². The number of rotatable bonds is 2. The molecule has 0 aliphatic carbocycles. The summed E-state index contributed by atoms with van der Waals surface area (Å²) in [4.78, 5) is 0. The molecule has 0 saturated carbocycles. The van der Waals surface area contributed by atoms with E-state index in [-0.39, 0.29) is 15.8 Å². The normalized spacial score (nSPS) is 11.0. The van der Waals surface area contributed by atoms with E-state index in [9.17, 15) is 5.11 Å². The van der Waals surface area contributed by atoms with Crippen LogP contribution in [0.1, 0.15) is 5.56 Å². The van der Waals surface area contributed by atoms with Gasteiger partial charge in [0.25, 0.3) is 0 Å². The molecule has 70 valence electrons. The summed E-state index contributed by atoms with van der Waals surface area (Å²) in [5.41, 5.74) is 0.813. The number of halogens is 3. The first-order valence-corrected chi connectivity index (χ1v) is 4.84. The Balaban J connectivity index is 3.06. The third kappa shape index (κ3) is 2.80. The van der Waals surface area contributed by atoms with E-state index >= 15 is 0 Å². The molecule has 0 heterocycles. The lowest BCUT2D eigenvalue weighted by atomic mass is 10.2. The summed E-state index contributed by atoms with van der Waals surface area (Å²) in [5, 5.41) is 9.72. The lowest BCUT2D eigenvalue weighted by molar-refractivity contribution is 0.476. The number of benzene rings is 1. The molecular weight excluding hydrogens is 230 g/mol. The van der Waals surface area contributed by atoms with Gasteiger partial charge in [-0.15, -0.1) is 11.6 Å². The first-order chi connectivity index (χ1) is 6.15. The number of hydrogen-bond donors (Lipinski definition) is 1. The van der Waals surface area contributed by atoms with Crippen molar-refractivity contribution in [3.63, 3.8) is 0 Å². The first kappa shape index (κ1) is 10.7. The van der Waals surface area contributed by atoms with E-state index in [4.69, 9.17) is 34.8 Å². The molecule has 0 fully saturated rings. The van der Waals surface area contributed by atoms with E-state index in [1.807, 2.05) is 0 Å². The molecule has 0 aromatic heterocycles. The molecule has 1 aromatic carbocycles. The van der Waals surface area contributed by atoms with Crippen LogP contribution in [-0.4, -0.2) is 11.0 Å². The molecule has 0 amide bonds. The smallest absolute Gasteiger partial charge is 0.152 e. The second kappa shape index (κ2) is 4.75. The van der Waals surface area contributed by atoms with Gasteiger partial charge in [0.1, 0.15) is 0 Å². The van der Waals surface area contributed by atoms with E-state index in [0.29, 0.717) is 5.88 Å². The Morgan fingerprint density at radius 1 is 1.23 bits per heavy atom. The van der Waals surface area contributed by atoms with Crippen LogP contribution >= 0.6 is 34.8 Å². The Kier molecular flexibility index (Phi) is 3.91. The topological polar surface area (TPSA) is 20.2 Å². The van der Waals surface area contributed by atoms with Crippen molar-refractivity contribution in [2.45, 2.75) is 0 Å². The Morgan fingerprint density at radius 2 is 1.77 bits per heavy atom. The number of aromatic hydroxyl groups is 1. The zero-order valence-corrected chi connectivity index (χ0v) is 8.87. The number of phenols is 1. The van der Waals surface area contributed by atoms with Crippen molar-refractivity contribution in [2.24, 2.45) is 0 Å². The Morgan fingerprint density at radius 3 is 2.23 bits per heavy atom. The molecule has 1 nitrogen and oxygen atoms in total. The molecule has 4 heteroatoms. The van der Waals surface area contributed by atoms with E-state index in [0.717, 1.165) is 5.56 Å². The quantitative estimate of drug-likeness (QED) is 0.772. The minimum atomic E-state index is -0.0913. The van der Waals surface area contributed by atoms with Crippen molar-refractivity contribution in [1.82, 2.24) is 0 Å². The van der Waals surface area contributed by atoms with Crippen molar-refractivity contribution in [3.8, 4) is 5.75 Å². The van der Waals surface area contributed by atoms with Gasteiger partial charge in [-0.3, -0.25) is 0 Å². The maximum atomic E-state index is 9.24. The molecule has 1 rings (SSSR count). The molecule has 1 N–H and O–H groups in total. The highest BCUT2D eigenvalue weighted by molar-refractivity contribution is 6.37. The Labute approximate surface area is 91.5 Å². The minimum absolute atomic E-state index is 0.0913. The van der Waals surface area contributed by atoms with Gasteiger partial charge in [-0.1, -0.05) is 35.4 Å². The van der Waals surface area contributed by atoms with Crippen molar-refractivity contribution < 1.29 is 5.11 Å². The maximum absolute atomic E-state index is 9.24. The monoisotopic (exact) mass is 236 g/mol. The fourth-order valence-corrected chi connectivity index (χ4v) is 1.45. The predicted octanol–water partition coefficient (Wildman–Crippen LogP) is 3.95. The lowest BCUT2D eigenvalue weighted by Gasteiger charge is -2.01. The average Bonchev–Trinajstić information content (AvgIpc) is 2.10. The SMILES string of the molecule is Oc1c(Cl)cc(C=CCCl)cc1Cl. The van der Waals surface area contributed by atoms with Crippen LogP contribution in [-0.2, 0) is 0 Å². The second-order valence-electron chi connectivity index (χ2n) is 2.39. The zero-order chi connectivity index (χ0) is 9.84. The van der Waals surface area contributed by atoms with Crippen molar-refractivity contribution in [3.05, 3.63) is 33.8 Å². The summed E-state index contributed by atoms with van der Waals surface area (Å²) in [7, 11) is 0. The van der Waals surface area contributed by atoms with Gasteiger partial charge in [0, 0.05) is 5.88 Å². The summed E-state index contributed by atoms with van der Waals surface area (Å²) in [6, 6.07) is 3.23. The molecule has 0 atom stereocenters. The molecule has 1 aromatic rings. The van der Waals surface area contributed by atoms with Crippen LogP contribution in [0.3, 0.4) is 0 Å². The maximum Gasteiger partial charge on any atom is 0.152 e. The van der Waals surface area contributed by atoms with Gasteiger partial charge in [0.05, 0.1) is 10.0 Å². The highest BCUT2D eigenvalue weighted by atomic mass is 35.5. The van der Waals surface area contributed by atoms with Crippen molar-refractivity contribution in [1.29, 1.82) is 0 Å². The molecule has 0 bridgehead atoms. The molecule has 0 spiro atoms. The Hall–Kier alpha value is -0.370. The average molecular weight is 238 g/mol. The van der Waals surface area contributed by atoms with Crippen LogP contribution in [0, 0.1) is 0 Å². The summed E-state index contributed by atoms with van der Waals surface area (Å²) in [6.07, 6.45) is 3.55. The third-order valence-corrected chi connectivity index (χ3v) is 2.19. The van der Waals surface area contributed by atoms with Gasteiger partial charge in [-0.05, 0) is 17.7 Å². The summed E-state index contributed by atoms with van der Waals surface area (Å²) < 4.78 is 0. The van der Waals surface area contributed by atoms with E-state index in [2.05, 4.69) is 0 Å². The summed E-state index contributed by atoms with van der Waals surface area (Å²) in [5.74, 6) is 0.335. The fourth-order valence-electron chi connectivity index (χ4n) is 0.862. The third-order valence-electron chi connectivity index (χ3n) is 1.44. The number of allylic oxidation sites excluding steroid dienone is 1. The van der Waals surface area contributed by atoms with Gasteiger partial charge in [-0.2, -0.15) is 0 Å². The van der Waals surface area contributed by atoms with Crippen molar-refractivity contribution >= 4 is 40.9 Å². The van der Waals surface area contributed by atoms with E-state index in [1.165, 1.54) is 0 Å². The summed E-state index contributed by atoms with van der Waals surface area (Å²) in [6.45, 7) is 0. The first-order valence-electron chi connectivity index (χ1n) is 3.55. The molecule has 0 saturated heterocycles. The van der Waals surface area contributed by atoms with Crippen LogP contribution in [0.5, 0.6) is 5.75 Å². The van der Waals surface area contributed by atoms with Crippen LogP contribution < -0.4 is 0 Å². The molecule has 0 unspecified atom stereocenters. The van der Waals surface area contributed by atoms with Gasteiger partial charge < -0.3 is 5.11 Å². The lowest BCUT2D eigenvalue weighted by Crippen LogP contribution is -1.76. The van der Waals surface area contributed by atoms with Gasteiger partial charge >= 0.3 is 0 Å². The molecular formula is C9H7Cl3O. The predicted molar refractivity (Wildman–Crippen MR) is 57.9 cm³/mol. The van der Waals surface area contributed by atoms with E-state index < -0.39 is 0 Å². The number of hydrogen-bond acceptors (Lipinski definition) is 1. The number of phenolic OH excluding ortho intramolecular Hbond substituents is 1. The van der Waals surface area contributed by atoms with Crippen LogP contribution in [0.25, 0.3) is 6.08 Å². The molecule has 13 heavy (non-hydrogen) atoms. The molecule has 0 aliphatic heterocycles. The van der Waals surface area contributed by atoms with Crippen molar-refractivity contribution in [2.75, 3.05) is 5.88 Å². The zero-order valence-electron chi connectivity index (χ0n) is 6.60. The largest absolute Gasteiger partial charge is 0.505 e. The highest BCUT2D eigenvalue weighted by Gasteiger charge is 2.04. The van der Waals surface area contributed by atoms with Crippen LogP contribution in [0.15, 0.2) is 18.2 Å². The standard InChI is InChI=1S/C9H7Cl3O/c10-3-1-2-6-4-7(11)9(13)8(12)5-6/h1-2,4-5,13H,3H2. The van der Waals surface area contributed by atoms with Gasteiger partial charge in [0.15, 0.2) is 5.75 Å². The number of alkyl halides is 1. The molecule has 0 aliphatic rings. The Bertz CT molecular complexity index is 311. The van der Waals surface area contributed by atoms with Gasteiger partial charge in [0.2, 0.25) is 0 Å². The minimum Gasteiger partial charge on any atom is -0.505 e.